The second-order valence-corrected chi connectivity index (χ2v) is 5.02. The van der Waals surface area contributed by atoms with Crippen LogP contribution in [0.4, 0.5) is 0 Å². The van der Waals surface area contributed by atoms with Crippen LogP contribution in [0.25, 0.3) is 0 Å². The summed E-state index contributed by atoms with van der Waals surface area (Å²) in [5.41, 5.74) is 11.1. The predicted molar refractivity (Wildman–Crippen MR) is 81.4 cm³/mol. The summed E-state index contributed by atoms with van der Waals surface area (Å²) in [6.45, 7) is 0.521. The molecule has 0 spiro atoms. The Labute approximate surface area is 126 Å². The van der Waals surface area contributed by atoms with E-state index in [9.17, 15) is 0 Å². The van der Waals surface area contributed by atoms with Crippen molar-refractivity contribution in [2.45, 2.75) is 19.0 Å². The van der Waals surface area contributed by atoms with E-state index in [4.69, 9.17) is 39.4 Å². The fraction of sp³-hybridized carbons (Fsp3) is 0.333. The Bertz CT molecular complexity index is 529. The van der Waals surface area contributed by atoms with Crippen molar-refractivity contribution in [2.75, 3.05) is 6.61 Å². The van der Waals surface area contributed by atoms with Crippen LogP contribution in [0.15, 0.2) is 28.2 Å². The SMILES string of the molecule is NC1=NC(CCCOc2ccc(Cl)c(Cl)c2)N=C(N)N1. The summed E-state index contributed by atoms with van der Waals surface area (Å²) in [6, 6.07) is 5.15. The first kappa shape index (κ1) is 14.7. The van der Waals surface area contributed by atoms with Crippen molar-refractivity contribution in [1.29, 1.82) is 0 Å². The Hall–Kier alpha value is -1.66. The van der Waals surface area contributed by atoms with Gasteiger partial charge < -0.3 is 16.2 Å². The molecule has 1 aliphatic heterocycles. The maximum absolute atomic E-state index is 5.90. The molecule has 1 aliphatic rings. The molecular weight excluding hydrogens is 301 g/mol. The summed E-state index contributed by atoms with van der Waals surface area (Å²) >= 11 is 11.7. The van der Waals surface area contributed by atoms with E-state index in [0.717, 1.165) is 6.42 Å². The topological polar surface area (TPSA) is 98.0 Å². The van der Waals surface area contributed by atoms with Crippen LogP contribution in [0.2, 0.25) is 10.0 Å². The fourth-order valence-corrected chi connectivity index (χ4v) is 1.99. The van der Waals surface area contributed by atoms with Gasteiger partial charge in [-0.15, -0.1) is 0 Å². The molecule has 108 valence electrons. The molecule has 5 N–H and O–H groups in total. The average Bonchev–Trinajstić information content (AvgIpc) is 2.38. The van der Waals surface area contributed by atoms with Crippen molar-refractivity contribution in [3.05, 3.63) is 28.2 Å². The molecule has 0 saturated carbocycles. The highest BCUT2D eigenvalue weighted by Crippen LogP contribution is 2.26. The molecule has 0 aromatic heterocycles. The lowest BCUT2D eigenvalue weighted by Crippen LogP contribution is -2.45. The average molecular weight is 316 g/mol. The molecule has 0 unspecified atom stereocenters. The third-order valence-corrected chi connectivity index (χ3v) is 3.34. The van der Waals surface area contributed by atoms with Crippen molar-refractivity contribution in [1.82, 2.24) is 5.32 Å². The van der Waals surface area contributed by atoms with Gasteiger partial charge in [0, 0.05) is 6.07 Å². The first-order valence-electron chi connectivity index (χ1n) is 6.06. The molecule has 0 bridgehead atoms. The third-order valence-electron chi connectivity index (χ3n) is 2.60. The summed E-state index contributed by atoms with van der Waals surface area (Å²) < 4.78 is 5.57. The van der Waals surface area contributed by atoms with Gasteiger partial charge in [0.1, 0.15) is 11.9 Å². The van der Waals surface area contributed by atoms with Crippen LogP contribution < -0.4 is 21.5 Å². The summed E-state index contributed by atoms with van der Waals surface area (Å²) in [4.78, 5) is 8.25. The second kappa shape index (κ2) is 6.67. The number of halogens is 2. The number of guanidine groups is 2. The summed E-state index contributed by atoms with van der Waals surface area (Å²) in [5, 5.41) is 3.61. The molecular formula is C12H15Cl2N5O. The van der Waals surface area contributed by atoms with Crippen LogP contribution in [-0.2, 0) is 0 Å². The molecule has 0 aliphatic carbocycles. The van der Waals surface area contributed by atoms with Crippen LogP contribution in [0.1, 0.15) is 12.8 Å². The molecule has 0 amide bonds. The molecule has 0 radical (unpaired) electrons. The number of benzene rings is 1. The van der Waals surface area contributed by atoms with E-state index in [-0.39, 0.29) is 18.1 Å². The van der Waals surface area contributed by atoms with E-state index in [1.54, 1.807) is 18.2 Å². The lowest BCUT2D eigenvalue weighted by atomic mass is 10.2. The zero-order chi connectivity index (χ0) is 14.5. The van der Waals surface area contributed by atoms with E-state index < -0.39 is 0 Å². The van der Waals surface area contributed by atoms with E-state index >= 15 is 0 Å². The predicted octanol–water partition coefficient (Wildman–Crippen LogP) is 1.71. The Balaban J connectivity index is 1.76. The first-order chi connectivity index (χ1) is 9.54. The van der Waals surface area contributed by atoms with Crippen molar-refractivity contribution in [3.8, 4) is 5.75 Å². The van der Waals surface area contributed by atoms with E-state index in [2.05, 4.69) is 15.3 Å². The zero-order valence-electron chi connectivity index (χ0n) is 10.6. The molecule has 2 rings (SSSR count). The van der Waals surface area contributed by atoms with Gasteiger partial charge in [0.2, 0.25) is 0 Å². The van der Waals surface area contributed by atoms with E-state index in [1.165, 1.54) is 0 Å². The number of nitrogens with one attached hydrogen (secondary N) is 1. The quantitative estimate of drug-likeness (QED) is 0.720. The molecule has 0 fully saturated rings. The first-order valence-corrected chi connectivity index (χ1v) is 6.81. The summed E-state index contributed by atoms with van der Waals surface area (Å²) in [6.07, 6.45) is 1.21. The second-order valence-electron chi connectivity index (χ2n) is 4.20. The third kappa shape index (κ3) is 4.18. The van der Waals surface area contributed by atoms with Gasteiger partial charge >= 0.3 is 0 Å². The van der Waals surface area contributed by atoms with Crippen molar-refractivity contribution in [2.24, 2.45) is 21.5 Å². The van der Waals surface area contributed by atoms with Crippen molar-refractivity contribution >= 4 is 35.1 Å². The van der Waals surface area contributed by atoms with Gasteiger partial charge in [-0.3, -0.25) is 5.32 Å². The van der Waals surface area contributed by atoms with Crippen LogP contribution >= 0.6 is 23.2 Å². The minimum Gasteiger partial charge on any atom is -0.494 e. The fourth-order valence-electron chi connectivity index (χ4n) is 1.70. The minimum absolute atomic E-state index is 0.256. The largest absolute Gasteiger partial charge is 0.494 e. The molecule has 0 atom stereocenters. The Kier molecular flexibility index (Phi) is 4.92. The number of hydrogen-bond donors (Lipinski definition) is 3. The number of hydrogen-bond acceptors (Lipinski definition) is 6. The van der Waals surface area contributed by atoms with Crippen molar-refractivity contribution < 1.29 is 4.74 Å². The summed E-state index contributed by atoms with van der Waals surface area (Å²) in [7, 11) is 0. The molecule has 1 aromatic carbocycles. The Morgan fingerprint density at radius 2 is 1.85 bits per heavy atom. The molecule has 1 aromatic rings. The maximum Gasteiger partial charge on any atom is 0.197 e. The Morgan fingerprint density at radius 3 is 2.50 bits per heavy atom. The van der Waals surface area contributed by atoms with Gasteiger partial charge in [-0.2, -0.15) is 0 Å². The zero-order valence-corrected chi connectivity index (χ0v) is 12.2. The standard InChI is InChI=1S/C12H15Cl2N5O/c13-8-4-3-7(6-9(8)14)20-5-1-2-10-17-11(15)19-12(16)18-10/h3-4,6,10H,1-2,5H2,(H5,15,16,17,18,19). The highest BCUT2D eigenvalue weighted by atomic mass is 35.5. The Morgan fingerprint density at radius 1 is 1.15 bits per heavy atom. The van der Waals surface area contributed by atoms with Gasteiger partial charge in [-0.1, -0.05) is 23.2 Å². The molecule has 8 heteroatoms. The van der Waals surface area contributed by atoms with Crippen LogP contribution in [0.3, 0.4) is 0 Å². The van der Waals surface area contributed by atoms with Gasteiger partial charge in [-0.05, 0) is 25.0 Å². The van der Waals surface area contributed by atoms with Crippen LogP contribution in [0.5, 0.6) is 5.75 Å². The molecule has 1 heterocycles. The highest BCUT2D eigenvalue weighted by Gasteiger charge is 2.12. The molecule has 0 saturated heterocycles. The number of nitrogens with zero attached hydrogens (tertiary/aromatic N) is 2. The smallest absolute Gasteiger partial charge is 0.197 e. The van der Waals surface area contributed by atoms with Crippen LogP contribution in [-0.4, -0.2) is 24.7 Å². The van der Waals surface area contributed by atoms with Gasteiger partial charge in [0.15, 0.2) is 11.9 Å². The number of aliphatic imine (C=N–C) groups is 2. The lowest BCUT2D eigenvalue weighted by molar-refractivity contribution is 0.302. The number of nitrogens with two attached hydrogens (primary N) is 2. The van der Waals surface area contributed by atoms with Crippen molar-refractivity contribution in [3.63, 3.8) is 0 Å². The highest BCUT2D eigenvalue weighted by molar-refractivity contribution is 6.42. The van der Waals surface area contributed by atoms with Gasteiger partial charge in [0.05, 0.1) is 16.7 Å². The normalized spacial score (nSPS) is 15.3. The van der Waals surface area contributed by atoms with Gasteiger partial charge in [-0.25, -0.2) is 9.98 Å². The molecule has 20 heavy (non-hydrogen) atoms. The number of ether oxygens (including phenoxy) is 1. The lowest BCUT2D eigenvalue weighted by Gasteiger charge is -2.16. The minimum atomic E-state index is -0.256. The molecule has 6 nitrogen and oxygen atoms in total. The van der Waals surface area contributed by atoms with E-state index in [1.807, 2.05) is 0 Å². The number of rotatable bonds is 5. The maximum atomic E-state index is 5.90. The monoisotopic (exact) mass is 315 g/mol. The summed E-state index contributed by atoms with van der Waals surface area (Å²) in [5.74, 6) is 1.25. The van der Waals surface area contributed by atoms with Crippen LogP contribution in [0, 0.1) is 0 Å². The van der Waals surface area contributed by atoms with E-state index in [0.29, 0.717) is 28.8 Å². The van der Waals surface area contributed by atoms with Gasteiger partial charge in [0.25, 0.3) is 0 Å².